The number of benzene rings is 2. The molecule has 0 saturated heterocycles. The predicted octanol–water partition coefficient (Wildman–Crippen LogP) is 3.23. The molecule has 5 heteroatoms. The lowest BCUT2D eigenvalue weighted by Gasteiger charge is -2.17. The summed E-state index contributed by atoms with van der Waals surface area (Å²) in [6.07, 6.45) is 0. The van der Waals surface area contributed by atoms with Gasteiger partial charge >= 0.3 is 0 Å². The van der Waals surface area contributed by atoms with Crippen LogP contribution in [0.15, 0.2) is 59.8 Å². The van der Waals surface area contributed by atoms with E-state index in [-0.39, 0.29) is 11.8 Å². The SMILES string of the molecule is NC(=NO)C(CNc1cccc(I)c1)c1ccccc1. The fraction of sp³-hybridized carbons (Fsp3) is 0.133. The highest BCUT2D eigenvalue weighted by molar-refractivity contribution is 14.1. The van der Waals surface area contributed by atoms with Crippen LogP contribution in [-0.2, 0) is 0 Å². The number of hydrogen-bond acceptors (Lipinski definition) is 3. The van der Waals surface area contributed by atoms with Gasteiger partial charge in [-0.2, -0.15) is 0 Å². The van der Waals surface area contributed by atoms with Crippen LogP contribution in [0.3, 0.4) is 0 Å². The molecule has 0 fully saturated rings. The van der Waals surface area contributed by atoms with E-state index in [1.807, 2.05) is 48.5 Å². The van der Waals surface area contributed by atoms with E-state index in [0.717, 1.165) is 14.8 Å². The van der Waals surface area contributed by atoms with Gasteiger partial charge in [0.25, 0.3) is 0 Å². The maximum absolute atomic E-state index is 8.94. The summed E-state index contributed by atoms with van der Waals surface area (Å²) in [5.74, 6) is 0.0356. The summed E-state index contributed by atoms with van der Waals surface area (Å²) in [5, 5.41) is 15.4. The first kappa shape index (κ1) is 14.6. The maximum atomic E-state index is 8.94. The third kappa shape index (κ3) is 3.86. The molecule has 1 atom stereocenters. The van der Waals surface area contributed by atoms with Gasteiger partial charge in [-0.05, 0) is 46.4 Å². The Bertz CT molecular complexity index is 587. The summed E-state index contributed by atoms with van der Waals surface area (Å²) >= 11 is 2.27. The first-order chi connectivity index (χ1) is 9.70. The van der Waals surface area contributed by atoms with Crippen LogP contribution in [0.25, 0.3) is 0 Å². The third-order valence-corrected chi connectivity index (χ3v) is 3.68. The molecule has 0 amide bonds. The normalized spacial score (nSPS) is 12.9. The van der Waals surface area contributed by atoms with Crippen molar-refractivity contribution in [1.82, 2.24) is 0 Å². The zero-order chi connectivity index (χ0) is 14.4. The second kappa shape index (κ2) is 7.14. The van der Waals surface area contributed by atoms with Gasteiger partial charge in [0.05, 0.1) is 5.92 Å². The highest BCUT2D eigenvalue weighted by Gasteiger charge is 2.16. The molecule has 2 aromatic carbocycles. The van der Waals surface area contributed by atoms with Crippen molar-refractivity contribution in [3.05, 3.63) is 63.7 Å². The van der Waals surface area contributed by atoms with Gasteiger partial charge in [0, 0.05) is 15.8 Å². The lowest BCUT2D eigenvalue weighted by atomic mass is 9.98. The maximum Gasteiger partial charge on any atom is 0.148 e. The van der Waals surface area contributed by atoms with Crippen molar-refractivity contribution in [2.75, 3.05) is 11.9 Å². The second-order valence-corrected chi connectivity index (χ2v) is 5.63. The molecule has 4 N–H and O–H groups in total. The molecule has 0 aliphatic carbocycles. The second-order valence-electron chi connectivity index (χ2n) is 4.38. The minimum absolute atomic E-state index is 0.168. The molecule has 1 unspecified atom stereocenters. The molecule has 20 heavy (non-hydrogen) atoms. The number of anilines is 1. The molecule has 0 aromatic heterocycles. The monoisotopic (exact) mass is 381 g/mol. The highest BCUT2D eigenvalue weighted by Crippen LogP contribution is 2.18. The van der Waals surface area contributed by atoms with Crippen molar-refractivity contribution in [3.63, 3.8) is 0 Å². The van der Waals surface area contributed by atoms with Gasteiger partial charge in [-0.15, -0.1) is 0 Å². The van der Waals surface area contributed by atoms with E-state index < -0.39 is 0 Å². The standard InChI is InChI=1S/C15H16IN3O/c16-12-7-4-8-13(9-12)18-10-14(15(17)19-20)11-5-2-1-3-6-11/h1-9,14,18,20H,10H2,(H2,17,19). The van der Waals surface area contributed by atoms with E-state index in [0.29, 0.717) is 6.54 Å². The van der Waals surface area contributed by atoms with Crippen LogP contribution in [0.5, 0.6) is 0 Å². The summed E-state index contributed by atoms with van der Waals surface area (Å²) in [6, 6.07) is 17.8. The van der Waals surface area contributed by atoms with E-state index in [9.17, 15) is 0 Å². The van der Waals surface area contributed by atoms with Gasteiger partial charge in [-0.3, -0.25) is 0 Å². The smallest absolute Gasteiger partial charge is 0.148 e. The van der Waals surface area contributed by atoms with Gasteiger partial charge in [0.15, 0.2) is 0 Å². The first-order valence-electron chi connectivity index (χ1n) is 6.22. The van der Waals surface area contributed by atoms with Crippen LogP contribution >= 0.6 is 22.6 Å². The Morgan fingerprint density at radius 2 is 1.95 bits per heavy atom. The Labute approximate surface area is 131 Å². The van der Waals surface area contributed by atoms with Gasteiger partial charge in [-0.25, -0.2) is 0 Å². The third-order valence-electron chi connectivity index (χ3n) is 3.01. The van der Waals surface area contributed by atoms with Crippen LogP contribution < -0.4 is 11.1 Å². The fourth-order valence-corrected chi connectivity index (χ4v) is 2.51. The average molecular weight is 381 g/mol. The summed E-state index contributed by atoms with van der Waals surface area (Å²) in [7, 11) is 0. The van der Waals surface area contributed by atoms with Crippen molar-refractivity contribution < 1.29 is 5.21 Å². The number of hydrogen-bond donors (Lipinski definition) is 3. The van der Waals surface area contributed by atoms with Crippen LogP contribution in [0.1, 0.15) is 11.5 Å². The van der Waals surface area contributed by atoms with Gasteiger partial charge in [0.1, 0.15) is 5.84 Å². The number of rotatable bonds is 5. The number of oxime groups is 1. The molecule has 0 radical (unpaired) electrons. The molecular weight excluding hydrogens is 365 g/mol. The van der Waals surface area contributed by atoms with Gasteiger partial charge < -0.3 is 16.3 Å². The Balaban J connectivity index is 2.13. The highest BCUT2D eigenvalue weighted by atomic mass is 127. The predicted molar refractivity (Wildman–Crippen MR) is 90.2 cm³/mol. The van der Waals surface area contributed by atoms with Crippen molar-refractivity contribution in [3.8, 4) is 0 Å². The molecule has 0 saturated carbocycles. The lowest BCUT2D eigenvalue weighted by molar-refractivity contribution is 0.316. The van der Waals surface area contributed by atoms with Crippen molar-refractivity contribution in [2.24, 2.45) is 10.9 Å². The molecule has 2 aromatic rings. The molecule has 0 bridgehead atoms. The van der Waals surface area contributed by atoms with Crippen LogP contribution in [-0.4, -0.2) is 17.6 Å². The van der Waals surface area contributed by atoms with E-state index in [1.165, 1.54) is 0 Å². The van der Waals surface area contributed by atoms with E-state index >= 15 is 0 Å². The van der Waals surface area contributed by atoms with Crippen LogP contribution in [0.4, 0.5) is 5.69 Å². The summed E-state index contributed by atoms with van der Waals surface area (Å²) in [6.45, 7) is 0.569. The quantitative estimate of drug-likeness (QED) is 0.245. The van der Waals surface area contributed by atoms with Crippen LogP contribution in [0, 0.1) is 3.57 Å². The number of halogens is 1. The Morgan fingerprint density at radius 3 is 2.60 bits per heavy atom. The Hall–Kier alpha value is -1.76. The zero-order valence-corrected chi connectivity index (χ0v) is 13.0. The first-order valence-corrected chi connectivity index (χ1v) is 7.30. The number of nitrogens with two attached hydrogens (primary N) is 1. The minimum Gasteiger partial charge on any atom is -0.409 e. The largest absolute Gasteiger partial charge is 0.409 e. The molecule has 0 heterocycles. The molecular formula is C15H16IN3O. The summed E-state index contributed by atoms with van der Waals surface area (Å²) < 4.78 is 1.16. The van der Waals surface area contributed by atoms with Crippen molar-refractivity contribution in [1.29, 1.82) is 0 Å². The fourth-order valence-electron chi connectivity index (χ4n) is 1.97. The van der Waals surface area contributed by atoms with E-state index in [1.54, 1.807) is 0 Å². The Kier molecular flexibility index (Phi) is 5.23. The molecule has 4 nitrogen and oxygen atoms in total. The van der Waals surface area contributed by atoms with Crippen molar-refractivity contribution >= 4 is 34.1 Å². The minimum atomic E-state index is -0.168. The zero-order valence-electron chi connectivity index (χ0n) is 10.8. The topological polar surface area (TPSA) is 70.6 Å². The molecule has 104 valence electrons. The summed E-state index contributed by atoms with van der Waals surface area (Å²) in [4.78, 5) is 0. The Morgan fingerprint density at radius 1 is 1.20 bits per heavy atom. The molecule has 0 aliphatic rings. The van der Waals surface area contributed by atoms with Gasteiger partial charge in [0.2, 0.25) is 0 Å². The molecule has 0 spiro atoms. The average Bonchev–Trinajstić information content (AvgIpc) is 2.48. The van der Waals surface area contributed by atoms with E-state index in [4.69, 9.17) is 10.9 Å². The molecule has 0 aliphatic heterocycles. The van der Waals surface area contributed by atoms with Gasteiger partial charge in [-0.1, -0.05) is 41.6 Å². The van der Waals surface area contributed by atoms with E-state index in [2.05, 4.69) is 39.1 Å². The number of nitrogens with one attached hydrogen (secondary N) is 1. The summed E-state index contributed by atoms with van der Waals surface area (Å²) in [5.41, 5.74) is 7.83. The van der Waals surface area contributed by atoms with Crippen LogP contribution in [0.2, 0.25) is 0 Å². The molecule has 2 rings (SSSR count). The number of amidine groups is 1. The van der Waals surface area contributed by atoms with Crippen molar-refractivity contribution in [2.45, 2.75) is 5.92 Å². The lowest BCUT2D eigenvalue weighted by Crippen LogP contribution is -2.28. The number of nitrogens with zero attached hydrogens (tertiary/aromatic N) is 1.